The molecule has 3 aromatic rings. The summed E-state index contributed by atoms with van der Waals surface area (Å²) in [6, 6.07) is 9.31. The average molecular weight is 391 g/mol. The number of para-hydroxylation sites is 1. The number of esters is 1. The second-order valence-corrected chi connectivity index (χ2v) is 6.95. The molecule has 0 saturated carbocycles. The van der Waals surface area contributed by atoms with Gasteiger partial charge in [0.2, 0.25) is 11.7 Å². The molecule has 148 valence electrons. The number of aryl methyl sites for hydroxylation is 2. The molecule has 8 nitrogen and oxygen atoms in total. The van der Waals surface area contributed by atoms with Crippen LogP contribution >= 0.6 is 0 Å². The Morgan fingerprint density at radius 1 is 1.17 bits per heavy atom. The molecular weight excluding hydrogens is 370 g/mol. The first kappa shape index (κ1) is 18.7. The Hall–Kier alpha value is -3.68. The number of hydrogen-bond acceptors (Lipinski definition) is 6. The molecule has 29 heavy (non-hydrogen) atoms. The highest BCUT2D eigenvalue weighted by atomic mass is 16.5. The summed E-state index contributed by atoms with van der Waals surface area (Å²) in [7, 11) is 0. The van der Waals surface area contributed by atoms with Gasteiger partial charge in [0.15, 0.2) is 5.75 Å². The summed E-state index contributed by atoms with van der Waals surface area (Å²) < 4.78 is 11.5. The molecule has 4 rings (SSSR count). The number of nitrogens with two attached hydrogens (primary N) is 2. The first-order valence-electron chi connectivity index (χ1n) is 9.30. The van der Waals surface area contributed by atoms with E-state index in [-0.39, 0.29) is 11.7 Å². The Bertz CT molecular complexity index is 1170. The number of guanidine groups is 1. The lowest BCUT2D eigenvalue weighted by Crippen LogP contribution is -2.22. The largest absolute Gasteiger partial charge is 0.453 e. The van der Waals surface area contributed by atoms with Crippen molar-refractivity contribution in [2.75, 3.05) is 0 Å². The van der Waals surface area contributed by atoms with Crippen LogP contribution < -0.4 is 16.2 Å². The topological polar surface area (TPSA) is 129 Å². The fraction of sp³-hybridized carbons (Fsp3) is 0.238. The van der Waals surface area contributed by atoms with Crippen molar-refractivity contribution in [3.05, 3.63) is 58.7 Å². The normalized spacial score (nSPS) is 14.6. The van der Waals surface area contributed by atoms with Crippen LogP contribution in [0.15, 0.2) is 45.0 Å². The van der Waals surface area contributed by atoms with Gasteiger partial charge in [-0.05, 0) is 38.8 Å². The molecule has 0 spiro atoms. The van der Waals surface area contributed by atoms with E-state index < -0.39 is 5.97 Å². The third kappa shape index (κ3) is 3.56. The molecule has 0 unspecified atom stereocenters. The zero-order chi connectivity index (χ0) is 20.5. The number of furan rings is 1. The van der Waals surface area contributed by atoms with Crippen LogP contribution in [-0.2, 0) is 6.42 Å². The number of aromatic nitrogens is 1. The number of carbonyl (C=O) groups excluding carboxylic acids is 1. The molecule has 1 aromatic carbocycles. The maximum absolute atomic E-state index is 12.9. The molecule has 0 saturated heterocycles. The highest BCUT2D eigenvalue weighted by molar-refractivity contribution is 6.06. The fourth-order valence-corrected chi connectivity index (χ4v) is 3.53. The molecule has 1 aliphatic rings. The molecule has 2 heterocycles. The standard InChI is InChI=1S/C21H21N5O3/c1-11-9-10-13-5-3-8-16(18(13)24-11)29-20(27)19-12(2)17-14(25-26-21(22)23)6-4-7-15(17)28-19/h3,5,8-10H,4,6-7H2,1-2H3,(H4,22,23,26)/b25-14+. The van der Waals surface area contributed by atoms with Crippen molar-refractivity contribution in [2.45, 2.75) is 33.1 Å². The van der Waals surface area contributed by atoms with E-state index in [1.54, 1.807) is 13.0 Å². The van der Waals surface area contributed by atoms with Gasteiger partial charge in [-0.3, -0.25) is 0 Å². The van der Waals surface area contributed by atoms with Gasteiger partial charge in [-0.1, -0.05) is 18.2 Å². The third-order valence-corrected chi connectivity index (χ3v) is 4.82. The van der Waals surface area contributed by atoms with E-state index in [2.05, 4.69) is 15.2 Å². The summed E-state index contributed by atoms with van der Waals surface area (Å²) in [4.78, 5) is 17.4. The monoisotopic (exact) mass is 391 g/mol. The van der Waals surface area contributed by atoms with E-state index in [1.807, 2.05) is 31.2 Å². The number of nitrogens with zero attached hydrogens (tertiary/aromatic N) is 3. The van der Waals surface area contributed by atoms with Crippen molar-refractivity contribution in [1.29, 1.82) is 0 Å². The predicted octanol–water partition coefficient (Wildman–Crippen LogP) is 2.98. The third-order valence-electron chi connectivity index (χ3n) is 4.82. The molecule has 0 atom stereocenters. The molecule has 1 aliphatic carbocycles. The van der Waals surface area contributed by atoms with E-state index >= 15 is 0 Å². The minimum absolute atomic E-state index is 0.121. The quantitative estimate of drug-likeness (QED) is 0.232. The van der Waals surface area contributed by atoms with Crippen LogP contribution in [0, 0.1) is 13.8 Å². The lowest BCUT2D eigenvalue weighted by molar-refractivity contribution is 0.0700. The van der Waals surface area contributed by atoms with Crippen molar-refractivity contribution in [1.82, 2.24) is 4.98 Å². The Balaban J connectivity index is 1.70. The van der Waals surface area contributed by atoms with Crippen LogP contribution in [0.2, 0.25) is 0 Å². The minimum Gasteiger partial charge on any atom is -0.453 e. The van der Waals surface area contributed by atoms with Gasteiger partial charge in [-0.25, -0.2) is 9.78 Å². The average Bonchev–Trinajstić information content (AvgIpc) is 3.04. The summed E-state index contributed by atoms with van der Waals surface area (Å²) in [6.45, 7) is 3.70. The number of pyridine rings is 1. The summed E-state index contributed by atoms with van der Waals surface area (Å²) >= 11 is 0. The van der Waals surface area contributed by atoms with Crippen LogP contribution in [0.25, 0.3) is 10.9 Å². The summed E-state index contributed by atoms with van der Waals surface area (Å²) in [5, 5.41) is 8.76. The van der Waals surface area contributed by atoms with E-state index in [0.717, 1.165) is 23.1 Å². The van der Waals surface area contributed by atoms with Gasteiger partial charge in [-0.15, -0.1) is 5.10 Å². The zero-order valence-corrected chi connectivity index (χ0v) is 16.2. The van der Waals surface area contributed by atoms with Gasteiger partial charge < -0.3 is 20.6 Å². The van der Waals surface area contributed by atoms with Crippen LogP contribution in [0.1, 0.15) is 46.0 Å². The van der Waals surface area contributed by atoms with Crippen molar-refractivity contribution in [3.63, 3.8) is 0 Å². The number of fused-ring (bicyclic) bond motifs is 2. The molecule has 0 aliphatic heterocycles. The smallest absolute Gasteiger partial charge is 0.380 e. The maximum atomic E-state index is 12.9. The van der Waals surface area contributed by atoms with Gasteiger partial charge in [0.25, 0.3) is 0 Å². The number of ether oxygens (including phenoxy) is 1. The molecule has 0 fully saturated rings. The zero-order valence-electron chi connectivity index (χ0n) is 16.2. The first-order chi connectivity index (χ1) is 13.9. The van der Waals surface area contributed by atoms with Crippen LogP contribution in [0.5, 0.6) is 5.75 Å². The Morgan fingerprint density at radius 3 is 2.79 bits per heavy atom. The van der Waals surface area contributed by atoms with Gasteiger partial charge in [0.1, 0.15) is 11.3 Å². The maximum Gasteiger partial charge on any atom is 0.380 e. The molecule has 4 N–H and O–H groups in total. The van der Waals surface area contributed by atoms with Crippen molar-refractivity contribution < 1.29 is 13.9 Å². The van der Waals surface area contributed by atoms with Gasteiger partial charge in [-0.2, -0.15) is 5.10 Å². The highest BCUT2D eigenvalue weighted by Crippen LogP contribution is 2.31. The number of rotatable bonds is 3. The van der Waals surface area contributed by atoms with Gasteiger partial charge in [0.05, 0.1) is 5.71 Å². The summed E-state index contributed by atoms with van der Waals surface area (Å²) in [5.74, 6) is 0.536. The Kier molecular flexibility index (Phi) is 4.75. The molecule has 8 heteroatoms. The van der Waals surface area contributed by atoms with Crippen LogP contribution in [-0.4, -0.2) is 22.6 Å². The molecular formula is C21H21N5O3. The number of carbonyl (C=O) groups is 1. The fourth-order valence-electron chi connectivity index (χ4n) is 3.53. The van der Waals surface area contributed by atoms with Gasteiger partial charge >= 0.3 is 5.97 Å². The Labute approximate surface area is 167 Å². The predicted molar refractivity (Wildman–Crippen MR) is 110 cm³/mol. The lowest BCUT2D eigenvalue weighted by atomic mass is 9.93. The molecule has 0 amide bonds. The molecule has 0 radical (unpaired) electrons. The van der Waals surface area contributed by atoms with E-state index in [4.69, 9.17) is 20.6 Å². The second-order valence-electron chi connectivity index (χ2n) is 6.95. The van der Waals surface area contributed by atoms with E-state index in [0.29, 0.717) is 41.1 Å². The molecule has 2 aromatic heterocycles. The van der Waals surface area contributed by atoms with Crippen molar-refractivity contribution >= 4 is 28.5 Å². The molecule has 0 bridgehead atoms. The number of hydrogen-bond donors (Lipinski definition) is 2. The second kappa shape index (κ2) is 7.38. The van der Waals surface area contributed by atoms with Crippen molar-refractivity contribution in [2.24, 2.45) is 21.7 Å². The minimum atomic E-state index is -0.575. The Morgan fingerprint density at radius 2 is 2.00 bits per heavy atom. The van der Waals surface area contributed by atoms with E-state index in [9.17, 15) is 4.79 Å². The first-order valence-corrected chi connectivity index (χ1v) is 9.30. The summed E-state index contributed by atoms with van der Waals surface area (Å²) in [6.07, 6.45) is 2.24. The van der Waals surface area contributed by atoms with E-state index in [1.165, 1.54) is 0 Å². The highest BCUT2D eigenvalue weighted by Gasteiger charge is 2.29. The summed E-state index contributed by atoms with van der Waals surface area (Å²) in [5.41, 5.74) is 14.4. The van der Waals surface area contributed by atoms with Crippen LogP contribution in [0.4, 0.5) is 0 Å². The van der Waals surface area contributed by atoms with Crippen LogP contribution in [0.3, 0.4) is 0 Å². The van der Waals surface area contributed by atoms with Crippen molar-refractivity contribution in [3.8, 4) is 5.75 Å². The number of benzene rings is 1. The SMILES string of the molecule is Cc1ccc2cccc(OC(=O)c3oc4c(c3C)/C(=N/N=C(N)N)CCC4)c2n1. The lowest BCUT2D eigenvalue weighted by Gasteiger charge is -2.11. The van der Waals surface area contributed by atoms with Gasteiger partial charge in [0, 0.05) is 28.6 Å².